The van der Waals surface area contributed by atoms with E-state index in [9.17, 15) is 14.4 Å². The Morgan fingerprint density at radius 1 is 1.33 bits per heavy atom. The van der Waals surface area contributed by atoms with E-state index >= 15 is 0 Å². The van der Waals surface area contributed by atoms with Crippen LogP contribution in [0.4, 0.5) is 0 Å². The molecule has 2 aliphatic rings. The Morgan fingerprint density at radius 2 is 2.06 bits per heavy atom. The molecule has 0 aliphatic carbocycles. The van der Waals surface area contributed by atoms with Crippen LogP contribution in [0.1, 0.15) is 6.42 Å². The summed E-state index contributed by atoms with van der Waals surface area (Å²) in [6, 6.07) is 0. The zero-order valence-corrected chi connectivity index (χ0v) is 10.6. The molecular formula is C8H9N5O3S2. The van der Waals surface area contributed by atoms with Crippen molar-refractivity contribution in [2.45, 2.75) is 11.7 Å². The first-order valence-corrected chi connectivity index (χ1v) is 6.75. The van der Waals surface area contributed by atoms with Gasteiger partial charge >= 0.3 is 0 Å². The van der Waals surface area contributed by atoms with Crippen LogP contribution < -0.4 is 16.4 Å². The van der Waals surface area contributed by atoms with Gasteiger partial charge in [0.25, 0.3) is 0 Å². The molecule has 1 atom stereocenters. The van der Waals surface area contributed by atoms with E-state index < -0.39 is 11.2 Å². The predicted molar refractivity (Wildman–Crippen MR) is 68.8 cm³/mol. The summed E-state index contributed by atoms with van der Waals surface area (Å²) in [7, 11) is 0. The third kappa shape index (κ3) is 3.23. The van der Waals surface area contributed by atoms with Gasteiger partial charge in [-0.2, -0.15) is 0 Å². The van der Waals surface area contributed by atoms with E-state index in [0.29, 0.717) is 16.1 Å². The molecule has 3 amide bonds. The molecular weight excluding hydrogens is 278 g/mol. The lowest BCUT2D eigenvalue weighted by Gasteiger charge is -1.98. The Labute approximate surface area is 110 Å². The third-order valence-electron chi connectivity index (χ3n) is 1.98. The third-order valence-corrected chi connectivity index (χ3v) is 3.92. The summed E-state index contributed by atoms with van der Waals surface area (Å²) in [5.74, 6) is -0.684. The number of nitrogens with two attached hydrogens (primary N) is 1. The molecule has 18 heavy (non-hydrogen) atoms. The standard InChI is InChI=1S/C8H9N5O3S2/c9-4(14)1-3-6(16)11-8(18-3)13-12-7-10-5(15)2-17-7/h3H,1-2H2,(H2,9,14)(H,10,12,15)(H,11,13,16). The van der Waals surface area contributed by atoms with Crippen LogP contribution in [0.3, 0.4) is 0 Å². The SMILES string of the molecule is NC(=O)CC1S/C(=N/N=C2\NC(=O)CS2)NC1=O. The summed E-state index contributed by atoms with van der Waals surface area (Å²) in [4.78, 5) is 33.0. The van der Waals surface area contributed by atoms with Gasteiger partial charge in [-0.15, -0.1) is 10.2 Å². The highest BCUT2D eigenvalue weighted by molar-refractivity contribution is 8.15. The van der Waals surface area contributed by atoms with Gasteiger partial charge in [-0.1, -0.05) is 23.5 Å². The van der Waals surface area contributed by atoms with Gasteiger partial charge < -0.3 is 16.4 Å². The molecule has 4 N–H and O–H groups in total. The van der Waals surface area contributed by atoms with Crippen molar-refractivity contribution < 1.29 is 14.4 Å². The minimum absolute atomic E-state index is 0.0441. The Morgan fingerprint density at radius 3 is 2.67 bits per heavy atom. The van der Waals surface area contributed by atoms with Crippen molar-refractivity contribution in [3.05, 3.63) is 0 Å². The smallest absolute Gasteiger partial charge is 0.240 e. The molecule has 0 bridgehead atoms. The number of nitrogens with zero attached hydrogens (tertiary/aromatic N) is 2. The molecule has 10 heteroatoms. The molecule has 0 spiro atoms. The Hall–Kier alpha value is -1.55. The number of carbonyl (C=O) groups is 3. The van der Waals surface area contributed by atoms with E-state index in [1.54, 1.807) is 0 Å². The second kappa shape index (κ2) is 5.40. The first-order chi connectivity index (χ1) is 8.54. The van der Waals surface area contributed by atoms with Crippen LogP contribution in [-0.2, 0) is 14.4 Å². The number of rotatable bonds is 3. The number of amidine groups is 2. The number of hydrogen-bond acceptors (Lipinski definition) is 7. The van der Waals surface area contributed by atoms with Crippen molar-refractivity contribution in [1.29, 1.82) is 0 Å². The summed E-state index contributed by atoms with van der Waals surface area (Å²) >= 11 is 2.32. The van der Waals surface area contributed by atoms with Crippen LogP contribution in [0.15, 0.2) is 10.2 Å². The molecule has 0 aromatic heterocycles. The first-order valence-electron chi connectivity index (χ1n) is 4.88. The Bertz CT molecular complexity index is 475. The highest BCUT2D eigenvalue weighted by Gasteiger charge is 2.31. The van der Waals surface area contributed by atoms with Gasteiger partial charge in [-0.05, 0) is 0 Å². The van der Waals surface area contributed by atoms with Crippen LogP contribution in [0.25, 0.3) is 0 Å². The molecule has 2 saturated heterocycles. The van der Waals surface area contributed by atoms with E-state index in [1.165, 1.54) is 11.8 Å². The van der Waals surface area contributed by atoms with Crippen LogP contribution in [0.5, 0.6) is 0 Å². The first kappa shape index (κ1) is 12.9. The molecule has 1 unspecified atom stereocenters. The zero-order valence-electron chi connectivity index (χ0n) is 9.00. The van der Waals surface area contributed by atoms with Gasteiger partial charge in [0, 0.05) is 6.42 Å². The molecule has 2 aliphatic heterocycles. The number of primary amides is 1. The van der Waals surface area contributed by atoms with E-state index in [4.69, 9.17) is 5.73 Å². The Kier molecular flexibility index (Phi) is 3.87. The lowest BCUT2D eigenvalue weighted by molar-refractivity contribution is -0.123. The fourth-order valence-corrected chi connectivity index (χ4v) is 2.79. The molecule has 2 fully saturated rings. The maximum atomic E-state index is 11.4. The van der Waals surface area contributed by atoms with Gasteiger partial charge in [0.2, 0.25) is 17.7 Å². The van der Waals surface area contributed by atoms with Gasteiger partial charge in [-0.3, -0.25) is 14.4 Å². The molecule has 2 heterocycles. The summed E-state index contributed by atoms with van der Waals surface area (Å²) < 4.78 is 0. The maximum Gasteiger partial charge on any atom is 0.240 e. The summed E-state index contributed by atoms with van der Waals surface area (Å²) in [6.45, 7) is 0. The largest absolute Gasteiger partial charge is 0.370 e. The molecule has 2 rings (SSSR count). The topological polar surface area (TPSA) is 126 Å². The molecule has 0 aromatic rings. The average Bonchev–Trinajstić information content (AvgIpc) is 2.83. The van der Waals surface area contributed by atoms with Crippen molar-refractivity contribution in [2.24, 2.45) is 15.9 Å². The lowest BCUT2D eigenvalue weighted by atomic mass is 10.3. The highest BCUT2D eigenvalue weighted by Crippen LogP contribution is 2.22. The van der Waals surface area contributed by atoms with Crippen LogP contribution >= 0.6 is 23.5 Å². The second-order valence-corrected chi connectivity index (χ2v) is 5.57. The van der Waals surface area contributed by atoms with E-state index in [-0.39, 0.29) is 18.2 Å². The molecule has 8 nitrogen and oxygen atoms in total. The number of carbonyl (C=O) groups excluding carboxylic acids is 3. The summed E-state index contributed by atoms with van der Waals surface area (Å²) in [6.07, 6.45) is -0.0441. The molecule has 0 saturated carbocycles. The van der Waals surface area contributed by atoms with Crippen molar-refractivity contribution in [3.63, 3.8) is 0 Å². The number of amides is 3. The van der Waals surface area contributed by atoms with Crippen LogP contribution in [-0.4, -0.2) is 39.1 Å². The summed E-state index contributed by atoms with van der Waals surface area (Å²) in [5, 5.41) is 12.7. The van der Waals surface area contributed by atoms with Gasteiger partial charge in [0.15, 0.2) is 10.3 Å². The maximum absolute atomic E-state index is 11.4. The highest BCUT2D eigenvalue weighted by atomic mass is 32.2. The number of hydrogen-bond donors (Lipinski definition) is 3. The van der Waals surface area contributed by atoms with Crippen molar-refractivity contribution in [2.75, 3.05) is 5.75 Å². The number of thioether (sulfide) groups is 2. The monoisotopic (exact) mass is 287 g/mol. The lowest BCUT2D eigenvalue weighted by Crippen LogP contribution is -2.28. The minimum atomic E-state index is -0.563. The fraction of sp³-hybridized carbons (Fsp3) is 0.375. The van der Waals surface area contributed by atoms with Gasteiger partial charge in [-0.25, -0.2) is 0 Å². The molecule has 0 radical (unpaired) electrons. The quantitative estimate of drug-likeness (QED) is 0.549. The normalized spacial score (nSPS) is 27.7. The minimum Gasteiger partial charge on any atom is -0.370 e. The van der Waals surface area contributed by atoms with E-state index in [1.807, 2.05) is 0 Å². The molecule has 0 aromatic carbocycles. The summed E-state index contributed by atoms with van der Waals surface area (Å²) in [5.41, 5.74) is 5.02. The average molecular weight is 287 g/mol. The van der Waals surface area contributed by atoms with Crippen LogP contribution in [0, 0.1) is 0 Å². The van der Waals surface area contributed by atoms with Crippen molar-refractivity contribution in [3.8, 4) is 0 Å². The van der Waals surface area contributed by atoms with Gasteiger partial charge in [0.05, 0.1) is 5.75 Å². The van der Waals surface area contributed by atoms with E-state index in [2.05, 4.69) is 20.8 Å². The fourth-order valence-electron chi connectivity index (χ4n) is 1.24. The predicted octanol–water partition coefficient (Wildman–Crippen LogP) is -1.42. The Balaban J connectivity index is 1.97. The second-order valence-electron chi connectivity index (χ2n) is 3.41. The zero-order chi connectivity index (χ0) is 13.1. The number of nitrogens with one attached hydrogen (secondary N) is 2. The van der Waals surface area contributed by atoms with E-state index in [0.717, 1.165) is 11.8 Å². The van der Waals surface area contributed by atoms with Crippen LogP contribution in [0.2, 0.25) is 0 Å². The van der Waals surface area contributed by atoms with Gasteiger partial charge in [0.1, 0.15) is 5.25 Å². The molecule has 96 valence electrons. The van der Waals surface area contributed by atoms with Crippen molar-refractivity contribution >= 4 is 51.6 Å². The van der Waals surface area contributed by atoms with Crippen molar-refractivity contribution in [1.82, 2.24) is 10.6 Å².